The molecule has 0 aliphatic heterocycles. The van der Waals surface area contributed by atoms with E-state index < -0.39 is 23.4 Å². The van der Waals surface area contributed by atoms with E-state index in [1.807, 2.05) is 0 Å². The number of rotatable bonds is 3. The van der Waals surface area contributed by atoms with E-state index in [-0.39, 0.29) is 18.4 Å². The molecule has 5 heteroatoms. The number of benzene rings is 1. The monoisotopic (exact) mass is 202 g/mol. The van der Waals surface area contributed by atoms with Crippen LogP contribution >= 0.6 is 0 Å². The molecule has 1 rings (SSSR count). The highest BCUT2D eigenvalue weighted by atomic mass is 19.2. The lowest BCUT2D eigenvalue weighted by Crippen LogP contribution is -1.99. The minimum atomic E-state index is -1.34. The molecule has 0 unspecified atom stereocenters. The van der Waals surface area contributed by atoms with Crippen molar-refractivity contribution in [2.24, 2.45) is 0 Å². The van der Waals surface area contributed by atoms with E-state index >= 15 is 0 Å². The molecule has 3 nitrogen and oxygen atoms in total. The second kappa shape index (κ2) is 4.04. The minimum absolute atomic E-state index is 0.0294. The predicted molar refractivity (Wildman–Crippen MR) is 44.0 cm³/mol. The third kappa shape index (κ3) is 2.18. The molecule has 0 bridgehead atoms. The zero-order valence-corrected chi connectivity index (χ0v) is 7.13. The van der Waals surface area contributed by atoms with Crippen LogP contribution in [0.4, 0.5) is 8.78 Å². The highest BCUT2D eigenvalue weighted by Crippen LogP contribution is 2.24. The maximum atomic E-state index is 12.7. The predicted octanol–water partition coefficient (Wildman–Crippen LogP) is 1.69. The van der Waals surface area contributed by atoms with Gasteiger partial charge in [-0.05, 0) is 18.1 Å². The first-order valence-electron chi connectivity index (χ1n) is 3.90. The fourth-order valence-electron chi connectivity index (χ4n) is 1.02. The molecule has 0 saturated heterocycles. The molecule has 0 amide bonds. The van der Waals surface area contributed by atoms with Gasteiger partial charge in [-0.25, -0.2) is 4.39 Å². The van der Waals surface area contributed by atoms with E-state index in [4.69, 9.17) is 10.2 Å². The molecule has 0 aliphatic carbocycles. The number of phenols is 1. The number of halogens is 2. The van der Waals surface area contributed by atoms with E-state index in [0.717, 1.165) is 12.1 Å². The van der Waals surface area contributed by atoms with Gasteiger partial charge < -0.3 is 10.2 Å². The van der Waals surface area contributed by atoms with Gasteiger partial charge >= 0.3 is 5.97 Å². The fraction of sp³-hybridized carbons (Fsp3) is 0.222. The Labute approximate surface area is 78.6 Å². The average Bonchev–Trinajstić information content (AvgIpc) is 2.13. The molecule has 0 radical (unpaired) electrons. The largest absolute Gasteiger partial charge is 0.505 e. The van der Waals surface area contributed by atoms with Crippen LogP contribution < -0.4 is 0 Å². The Bertz CT molecular complexity index is 363. The molecule has 2 N–H and O–H groups in total. The van der Waals surface area contributed by atoms with Crippen molar-refractivity contribution in [1.29, 1.82) is 0 Å². The van der Waals surface area contributed by atoms with Gasteiger partial charge in [0.1, 0.15) is 0 Å². The Balaban J connectivity index is 2.88. The van der Waals surface area contributed by atoms with Crippen LogP contribution in [-0.2, 0) is 11.2 Å². The van der Waals surface area contributed by atoms with Crippen LogP contribution in [0.15, 0.2) is 12.1 Å². The SMILES string of the molecule is O=C(O)CCc1ccc(F)c(F)c1O. The van der Waals surface area contributed by atoms with E-state index in [0.29, 0.717) is 0 Å². The number of hydrogen-bond donors (Lipinski definition) is 2. The molecule has 1 aromatic rings. The molecule has 0 heterocycles. The van der Waals surface area contributed by atoms with Gasteiger partial charge in [0.05, 0.1) is 0 Å². The van der Waals surface area contributed by atoms with E-state index in [2.05, 4.69) is 0 Å². The number of carbonyl (C=O) groups is 1. The van der Waals surface area contributed by atoms with Crippen LogP contribution in [0.3, 0.4) is 0 Å². The molecule has 0 spiro atoms. The maximum absolute atomic E-state index is 12.7. The summed E-state index contributed by atoms with van der Waals surface area (Å²) in [5, 5.41) is 17.4. The molecular formula is C9H8F2O3. The molecular weight excluding hydrogens is 194 g/mol. The number of aliphatic carboxylic acids is 1. The Morgan fingerprint density at radius 1 is 1.36 bits per heavy atom. The lowest BCUT2D eigenvalue weighted by Gasteiger charge is -2.03. The van der Waals surface area contributed by atoms with Crippen molar-refractivity contribution in [2.75, 3.05) is 0 Å². The summed E-state index contributed by atoms with van der Waals surface area (Å²) in [4.78, 5) is 10.2. The summed E-state index contributed by atoms with van der Waals surface area (Å²) >= 11 is 0. The molecule has 0 aromatic heterocycles. The van der Waals surface area contributed by atoms with Crippen LogP contribution in [0, 0.1) is 11.6 Å². The minimum Gasteiger partial charge on any atom is -0.505 e. The van der Waals surface area contributed by atoms with Crippen molar-refractivity contribution in [3.05, 3.63) is 29.3 Å². The Hall–Kier alpha value is -1.65. The summed E-state index contributed by atoms with van der Waals surface area (Å²) in [6, 6.07) is 2.02. The third-order valence-electron chi connectivity index (χ3n) is 1.76. The molecule has 0 atom stereocenters. The van der Waals surface area contributed by atoms with Gasteiger partial charge in [-0.3, -0.25) is 4.79 Å². The van der Waals surface area contributed by atoms with E-state index in [9.17, 15) is 13.6 Å². The summed E-state index contributed by atoms with van der Waals surface area (Å²) in [7, 11) is 0. The van der Waals surface area contributed by atoms with Gasteiger partial charge in [0.25, 0.3) is 0 Å². The van der Waals surface area contributed by atoms with Gasteiger partial charge in [0.15, 0.2) is 11.6 Å². The summed E-state index contributed by atoms with van der Waals surface area (Å²) in [6.45, 7) is 0. The zero-order valence-electron chi connectivity index (χ0n) is 7.13. The highest BCUT2D eigenvalue weighted by Gasteiger charge is 2.12. The quantitative estimate of drug-likeness (QED) is 0.784. The smallest absolute Gasteiger partial charge is 0.303 e. The first-order valence-corrected chi connectivity index (χ1v) is 3.90. The first kappa shape index (κ1) is 10.4. The maximum Gasteiger partial charge on any atom is 0.303 e. The van der Waals surface area contributed by atoms with Crippen molar-refractivity contribution < 1.29 is 23.8 Å². The average molecular weight is 202 g/mol. The Morgan fingerprint density at radius 2 is 2.00 bits per heavy atom. The van der Waals surface area contributed by atoms with Crippen LogP contribution in [0.1, 0.15) is 12.0 Å². The van der Waals surface area contributed by atoms with Crippen LogP contribution in [0.2, 0.25) is 0 Å². The van der Waals surface area contributed by atoms with E-state index in [1.165, 1.54) is 0 Å². The third-order valence-corrected chi connectivity index (χ3v) is 1.76. The number of carboxylic acid groups (broad SMARTS) is 1. The van der Waals surface area contributed by atoms with Gasteiger partial charge in [-0.2, -0.15) is 4.39 Å². The molecule has 14 heavy (non-hydrogen) atoms. The topological polar surface area (TPSA) is 57.5 Å². The van der Waals surface area contributed by atoms with Crippen molar-refractivity contribution in [2.45, 2.75) is 12.8 Å². The standard InChI is InChI=1S/C9H8F2O3/c10-6-3-1-5(2-4-7(12)13)9(14)8(6)11/h1,3,14H,2,4H2,(H,12,13). The Kier molecular flexibility index (Phi) is 3.01. The molecule has 1 aromatic carbocycles. The first-order chi connectivity index (χ1) is 6.52. The lowest BCUT2D eigenvalue weighted by molar-refractivity contribution is -0.136. The number of aryl methyl sites for hydroxylation is 1. The molecule has 0 aliphatic rings. The van der Waals surface area contributed by atoms with Crippen molar-refractivity contribution in [1.82, 2.24) is 0 Å². The fourth-order valence-corrected chi connectivity index (χ4v) is 1.02. The normalized spacial score (nSPS) is 10.1. The van der Waals surface area contributed by atoms with Crippen LogP contribution in [-0.4, -0.2) is 16.2 Å². The van der Waals surface area contributed by atoms with Crippen LogP contribution in [0.25, 0.3) is 0 Å². The van der Waals surface area contributed by atoms with Gasteiger partial charge in [-0.1, -0.05) is 6.07 Å². The number of aromatic hydroxyl groups is 1. The number of phenolic OH excluding ortho intramolecular Hbond substituents is 1. The zero-order chi connectivity index (χ0) is 10.7. The molecule has 0 saturated carbocycles. The second-order valence-corrected chi connectivity index (χ2v) is 2.76. The van der Waals surface area contributed by atoms with Crippen molar-refractivity contribution >= 4 is 5.97 Å². The molecule has 0 fully saturated rings. The Morgan fingerprint density at radius 3 is 2.57 bits per heavy atom. The number of hydrogen-bond acceptors (Lipinski definition) is 2. The van der Waals surface area contributed by atoms with Gasteiger partial charge in [0, 0.05) is 6.42 Å². The second-order valence-electron chi connectivity index (χ2n) is 2.76. The summed E-state index contributed by atoms with van der Waals surface area (Å²) in [6.07, 6.45) is -0.267. The van der Waals surface area contributed by atoms with E-state index in [1.54, 1.807) is 0 Å². The highest BCUT2D eigenvalue weighted by molar-refractivity contribution is 5.67. The number of carboxylic acids is 1. The van der Waals surface area contributed by atoms with Crippen molar-refractivity contribution in [3.63, 3.8) is 0 Å². The van der Waals surface area contributed by atoms with Crippen molar-refractivity contribution in [3.8, 4) is 5.75 Å². The van der Waals surface area contributed by atoms with Crippen LogP contribution in [0.5, 0.6) is 5.75 Å². The van der Waals surface area contributed by atoms with Gasteiger partial charge in [0.2, 0.25) is 5.82 Å². The lowest BCUT2D eigenvalue weighted by atomic mass is 10.1. The molecule has 76 valence electrons. The summed E-state index contributed by atoms with van der Waals surface area (Å²) < 4.78 is 25.3. The summed E-state index contributed by atoms with van der Waals surface area (Å²) in [5.74, 6) is -4.37. The van der Waals surface area contributed by atoms with Gasteiger partial charge in [-0.15, -0.1) is 0 Å². The summed E-state index contributed by atoms with van der Waals surface area (Å²) in [5.41, 5.74) is 0.0892.